The number of nitrogens with zero attached hydrogens (tertiary/aromatic N) is 2. The molecule has 1 aromatic heterocycles. The van der Waals surface area contributed by atoms with Gasteiger partial charge in [-0.3, -0.25) is 0 Å². The summed E-state index contributed by atoms with van der Waals surface area (Å²) >= 11 is 3.21. The smallest absolute Gasteiger partial charge is 0.203 e. The Morgan fingerprint density at radius 3 is 2.83 bits per heavy atom. The highest BCUT2D eigenvalue weighted by atomic mass is 32.2. The summed E-state index contributed by atoms with van der Waals surface area (Å²) in [6, 6.07) is 0. The van der Waals surface area contributed by atoms with Crippen LogP contribution >= 0.6 is 23.1 Å². The van der Waals surface area contributed by atoms with Crippen LogP contribution in [0.5, 0.6) is 0 Å². The van der Waals surface area contributed by atoms with Crippen LogP contribution in [0.3, 0.4) is 0 Å². The second-order valence-electron chi connectivity index (χ2n) is 2.62. The van der Waals surface area contributed by atoms with Gasteiger partial charge < -0.3 is 5.73 Å². The van der Waals surface area contributed by atoms with Gasteiger partial charge in [0.2, 0.25) is 5.13 Å². The molecule has 0 amide bonds. The van der Waals surface area contributed by atoms with Crippen molar-refractivity contribution in [1.82, 2.24) is 10.2 Å². The van der Waals surface area contributed by atoms with Crippen molar-refractivity contribution in [2.75, 3.05) is 5.73 Å². The first kappa shape index (κ1) is 9.80. The molecule has 3 nitrogen and oxygen atoms in total. The molecule has 0 aliphatic heterocycles. The van der Waals surface area contributed by atoms with E-state index in [1.54, 1.807) is 11.8 Å². The highest BCUT2D eigenvalue weighted by molar-refractivity contribution is 8.01. The molecule has 1 rings (SSSR count). The van der Waals surface area contributed by atoms with E-state index in [4.69, 9.17) is 5.73 Å². The Labute approximate surface area is 80.8 Å². The third kappa shape index (κ3) is 2.98. The first-order valence-electron chi connectivity index (χ1n) is 3.98. The van der Waals surface area contributed by atoms with E-state index in [1.807, 2.05) is 0 Å². The minimum absolute atomic E-state index is 0.557. The lowest BCUT2D eigenvalue weighted by atomic mass is 10.3. The van der Waals surface area contributed by atoms with E-state index in [9.17, 15) is 0 Å². The Hall–Kier alpha value is -0.290. The van der Waals surface area contributed by atoms with Crippen molar-refractivity contribution in [2.24, 2.45) is 0 Å². The largest absolute Gasteiger partial charge is 0.374 e. The Bertz CT molecular complexity index is 236. The molecule has 0 bridgehead atoms. The summed E-state index contributed by atoms with van der Waals surface area (Å²) in [5.41, 5.74) is 5.46. The zero-order valence-corrected chi connectivity index (χ0v) is 8.91. The Morgan fingerprint density at radius 2 is 2.33 bits per heavy atom. The molecule has 0 aliphatic rings. The minimum Gasteiger partial charge on any atom is -0.374 e. The quantitative estimate of drug-likeness (QED) is 0.763. The molecule has 0 spiro atoms. The van der Waals surface area contributed by atoms with Gasteiger partial charge in [0.15, 0.2) is 4.34 Å². The molecule has 1 aromatic rings. The SMILES string of the molecule is CCCC(C)Sc1nnc(N)s1. The predicted molar refractivity (Wildman–Crippen MR) is 54.5 cm³/mol. The Kier molecular flexibility index (Phi) is 3.81. The van der Waals surface area contributed by atoms with Crippen LogP contribution in [-0.2, 0) is 0 Å². The van der Waals surface area contributed by atoms with Crippen molar-refractivity contribution in [3.05, 3.63) is 0 Å². The summed E-state index contributed by atoms with van der Waals surface area (Å²) in [5, 5.41) is 8.87. The standard InChI is InChI=1S/C7H13N3S2/c1-3-4-5(2)11-7-10-9-6(8)12-7/h5H,3-4H2,1-2H3,(H2,8,9). The van der Waals surface area contributed by atoms with Gasteiger partial charge in [-0.05, 0) is 6.42 Å². The van der Waals surface area contributed by atoms with Crippen molar-refractivity contribution < 1.29 is 0 Å². The van der Waals surface area contributed by atoms with Gasteiger partial charge in [0.05, 0.1) is 0 Å². The van der Waals surface area contributed by atoms with Crippen LogP contribution in [-0.4, -0.2) is 15.4 Å². The molecule has 0 fully saturated rings. The van der Waals surface area contributed by atoms with Crippen LogP contribution in [0.15, 0.2) is 4.34 Å². The number of nitrogens with two attached hydrogens (primary N) is 1. The van der Waals surface area contributed by atoms with E-state index < -0.39 is 0 Å². The molecule has 0 aliphatic carbocycles. The number of anilines is 1. The fraction of sp³-hybridized carbons (Fsp3) is 0.714. The van der Waals surface area contributed by atoms with Gasteiger partial charge in [0, 0.05) is 5.25 Å². The predicted octanol–water partition coefficient (Wildman–Crippen LogP) is 2.40. The van der Waals surface area contributed by atoms with Crippen LogP contribution in [0.1, 0.15) is 26.7 Å². The fourth-order valence-electron chi connectivity index (χ4n) is 0.906. The molecule has 2 N–H and O–H groups in total. The zero-order valence-electron chi connectivity index (χ0n) is 7.28. The molecule has 68 valence electrons. The van der Waals surface area contributed by atoms with E-state index in [-0.39, 0.29) is 0 Å². The van der Waals surface area contributed by atoms with E-state index >= 15 is 0 Å². The monoisotopic (exact) mass is 203 g/mol. The average molecular weight is 203 g/mol. The molecular weight excluding hydrogens is 190 g/mol. The number of aromatic nitrogens is 2. The second-order valence-corrected chi connectivity index (χ2v) is 5.32. The third-order valence-corrected chi connectivity index (χ3v) is 3.43. The van der Waals surface area contributed by atoms with E-state index in [1.165, 1.54) is 24.2 Å². The highest BCUT2D eigenvalue weighted by Crippen LogP contribution is 2.29. The first-order chi connectivity index (χ1) is 5.72. The van der Waals surface area contributed by atoms with Crippen molar-refractivity contribution >= 4 is 28.2 Å². The number of hydrogen-bond acceptors (Lipinski definition) is 5. The molecule has 0 saturated heterocycles. The van der Waals surface area contributed by atoms with Gasteiger partial charge >= 0.3 is 0 Å². The molecule has 0 radical (unpaired) electrons. The zero-order chi connectivity index (χ0) is 8.97. The number of hydrogen-bond donors (Lipinski definition) is 1. The van der Waals surface area contributed by atoms with Crippen LogP contribution < -0.4 is 5.73 Å². The minimum atomic E-state index is 0.557. The van der Waals surface area contributed by atoms with Crippen LogP contribution in [0.25, 0.3) is 0 Å². The summed E-state index contributed by atoms with van der Waals surface area (Å²) in [4.78, 5) is 0. The first-order valence-corrected chi connectivity index (χ1v) is 5.67. The molecular formula is C7H13N3S2. The highest BCUT2D eigenvalue weighted by Gasteiger charge is 2.07. The van der Waals surface area contributed by atoms with Gasteiger partial charge in [-0.25, -0.2) is 0 Å². The van der Waals surface area contributed by atoms with Crippen molar-refractivity contribution in [3.63, 3.8) is 0 Å². The third-order valence-electron chi connectivity index (χ3n) is 1.42. The lowest BCUT2D eigenvalue weighted by Crippen LogP contribution is -1.93. The maximum absolute atomic E-state index is 5.46. The lowest BCUT2D eigenvalue weighted by Gasteiger charge is -2.04. The van der Waals surface area contributed by atoms with Gasteiger partial charge in [-0.1, -0.05) is 43.4 Å². The van der Waals surface area contributed by atoms with Gasteiger partial charge in [0.1, 0.15) is 0 Å². The number of thioether (sulfide) groups is 1. The van der Waals surface area contributed by atoms with E-state index in [0.29, 0.717) is 10.4 Å². The maximum atomic E-state index is 5.46. The van der Waals surface area contributed by atoms with E-state index in [0.717, 1.165) is 4.34 Å². The Morgan fingerprint density at radius 1 is 1.58 bits per heavy atom. The maximum Gasteiger partial charge on any atom is 0.203 e. The van der Waals surface area contributed by atoms with Gasteiger partial charge in [-0.2, -0.15) is 0 Å². The summed E-state index contributed by atoms with van der Waals surface area (Å²) in [6.45, 7) is 4.39. The van der Waals surface area contributed by atoms with Gasteiger partial charge in [-0.15, -0.1) is 10.2 Å². The molecule has 1 atom stereocenters. The Balaban J connectivity index is 2.41. The van der Waals surface area contributed by atoms with Crippen LogP contribution in [0.4, 0.5) is 5.13 Å². The normalized spacial score (nSPS) is 13.2. The summed E-state index contributed by atoms with van der Waals surface area (Å²) < 4.78 is 0.980. The summed E-state index contributed by atoms with van der Waals surface area (Å²) in [5.74, 6) is 0. The fourth-order valence-corrected chi connectivity index (χ4v) is 2.97. The lowest BCUT2D eigenvalue weighted by molar-refractivity contribution is 0.786. The van der Waals surface area contributed by atoms with Crippen molar-refractivity contribution in [2.45, 2.75) is 36.3 Å². The second kappa shape index (κ2) is 4.67. The molecule has 0 saturated carbocycles. The van der Waals surface area contributed by atoms with Crippen LogP contribution in [0.2, 0.25) is 0 Å². The van der Waals surface area contributed by atoms with Crippen LogP contribution in [0, 0.1) is 0 Å². The molecule has 1 unspecified atom stereocenters. The molecule has 5 heteroatoms. The van der Waals surface area contributed by atoms with Gasteiger partial charge in [0.25, 0.3) is 0 Å². The average Bonchev–Trinajstić information content (AvgIpc) is 2.36. The molecule has 12 heavy (non-hydrogen) atoms. The number of nitrogen functional groups attached to an aromatic ring is 1. The van der Waals surface area contributed by atoms with Crippen molar-refractivity contribution in [3.8, 4) is 0 Å². The van der Waals surface area contributed by atoms with E-state index in [2.05, 4.69) is 24.0 Å². The van der Waals surface area contributed by atoms with Crippen molar-refractivity contribution in [1.29, 1.82) is 0 Å². The topological polar surface area (TPSA) is 51.8 Å². The summed E-state index contributed by atoms with van der Waals surface area (Å²) in [7, 11) is 0. The summed E-state index contributed by atoms with van der Waals surface area (Å²) in [6.07, 6.45) is 2.42. The molecule has 0 aromatic carbocycles. The number of rotatable bonds is 4. The molecule has 1 heterocycles.